The summed E-state index contributed by atoms with van der Waals surface area (Å²) in [5.74, 6) is 0.827. The molecule has 0 aromatic heterocycles. The Kier molecular flexibility index (Phi) is 5.40. The number of nitrogens with one attached hydrogen (secondary N) is 1. The molecule has 1 amide bonds. The van der Waals surface area contributed by atoms with E-state index in [1.54, 1.807) is 7.11 Å². The highest BCUT2D eigenvalue weighted by Crippen LogP contribution is 2.28. The van der Waals surface area contributed by atoms with Crippen molar-refractivity contribution in [1.29, 1.82) is 0 Å². The Labute approximate surface area is 104 Å². The molecule has 0 aromatic carbocycles. The number of hydrogen-bond donors (Lipinski definition) is 2. The van der Waals surface area contributed by atoms with Crippen LogP contribution in [0.2, 0.25) is 0 Å². The summed E-state index contributed by atoms with van der Waals surface area (Å²) in [4.78, 5) is 12.0. The van der Waals surface area contributed by atoms with E-state index in [-0.39, 0.29) is 17.4 Å². The van der Waals surface area contributed by atoms with E-state index in [0.717, 1.165) is 19.3 Å². The van der Waals surface area contributed by atoms with Gasteiger partial charge in [-0.3, -0.25) is 4.79 Å². The molecule has 1 fully saturated rings. The van der Waals surface area contributed by atoms with E-state index in [1.165, 1.54) is 6.42 Å². The van der Waals surface area contributed by atoms with Gasteiger partial charge < -0.3 is 15.8 Å². The average Bonchev–Trinajstić information content (AvgIpc) is 2.36. The Morgan fingerprint density at radius 1 is 1.47 bits per heavy atom. The fraction of sp³-hybridized carbons (Fsp3) is 0.923. The first-order valence-corrected chi connectivity index (χ1v) is 6.51. The summed E-state index contributed by atoms with van der Waals surface area (Å²) in [7, 11) is 1.66. The molecule has 0 heterocycles. The van der Waals surface area contributed by atoms with Crippen LogP contribution in [0.25, 0.3) is 0 Å². The zero-order chi connectivity index (χ0) is 12.9. The lowest BCUT2D eigenvalue weighted by Crippen LogP contribution is -2.43. The molecule has 100 valence electrons. The molecule has 3 N–H and O–H groups in total. The summed E-state index contributed by atoms with van der Waals surface area (Å²) in [5, 5.41) is 2.98. The normalized spacial score (nSPS) is 25.6. The largest absolute Gasteiger partial charge is 0.377 e. The van der Waals surface area contributed by atoms with Crippen LogP contribution in [-0.4, -0.2) is 31.7 Å². The minimum Gasteiger partial charge on any atom is -0.377 e. The average molecular weight is 242 g/mol. The van der Waals surface area contributed by atoms with Gasteiger partial charge in [-0.25, -0.2) is 0 Å². The van der Waals surface area contributed by atoms with Crippen molar-refractivity contribution in [3.63, 3.8) is 0 Å². The quantitative estimate of drug-likeness (QED) is 0.763. The van der Waals surface area contributed by atoms with E-state index in [4.69, 9.17) is 10.5 Å². The number of carbonyl (C=O) groups excluding carboxylic acids is 1. The second kappa shape index (κ2) is 6.36. The van der Waals surface area contributed by atoms with Crippen LogP contribution in [0.1, 0.15) is 39.5 Å². The standard InChI is InChI=1S/C13H26N2O2/c1-13(2,17-3)9-15-12(16)11-6-4-5-10(7-11)8-14/h10-11H,4-9,14H2,1-3H3,(H,15,16). The fourth-order valence-electron chi connectivity index (χ4n) is 2.26. The van der Waals surface area contributed by atoms with Crippen molar-refractivity contribution in [1.82, 2.24) is 5.32 Å². The van der Waals surface area contributed by atoms with Gasteiger partial charge in [0.25, 0.3) is 0 Å². The Morgan fingerprint density at radius 3 is 2.76 bits per heavy atom. The fourth-order valence-corrected chi connectivity index (χ4v) is 2.26. The minimum absolute atomic E-state index is 0.143. The molecule has 1 aliphatic carbocycles. The Balaban J connectivity index is 2.37. The highest BCUT2D eigenvalue weighted by molar-refractivity contribution is 5.78. The lowest BCUT2D eigenvalue weighted by Gasteiger charge is -2.29. The summed E-state index contributed by atoms with van der Waals surface area (Å²) in [5.41, 5.74) is 5.38. The lowest BCUT2D eigenvalue weighted by molar-refractivity contribution is -0.127. The molecular weight excluding hydrogens is 216 g/mol. The van der Waals surface area contributed by atoms with Gasteiger partial charge in [-0.15, -0.1) is 0 Å². The molecule has 0 radical (unpaired) electrons. The predicted octanol–water partition coefficient (Wildman–Crippen LogP) is 1.29. The van der Waals surface area contributed by atoms with Crippen LogP contribution in [-0.2, 0) is 9.53 Å². The molecular formula is C13H26N2O2. The SMILES string of the molecule is COC(C)(C)CNC(=O)C1CCCC(CN)C1. The maximum atomic E-state index is 12.0. The van der Waals surface area contributed by atoms with Crippen molar-refractivity contribution >= 4 is 5.91 Å². The predicted molar refractivity (Wildman–Crippen MR) is 68.6 cm³/mol. The van der Waals surface area contributed by atoms with E-state index >= 15 is 0 Å². The highest BCUT2D eigenvalue weighted by Gasteiger charge is 2.27. The molecule has 4 heteroatoms. The van der Waals surface area contributed by atoms with Crippen molar-refractivity contribution < 1.29 is 9.53 Å². The van der Waals surface area contributed by atoms with E-state index in [2.05, 4.69) is 5.32 Å². The van der Waals surface area contributed by atoms with Gasteiger partial charge in [-0.1, -0.05) is 6.42 Å². The van der Waals surface area contributed by atoms with Gasteiger partial charge >= 0.3 is 0 Å². The first kappa shape index (κ1) is 14.5. The van der Waals surface area contributed by atoms with Crippen LogP contribution < -0.4 is 11.1 Å². The number of ether oxygens (including phenoxy) is 1. The molecule has 0 aliphatic heterocycles. The first-order valence-electron chi connectivity index (χ1n) is 6.51. The van der Waals surface area contributed by atoms with E-state index in [1.807, 2.05) is 13.8 Å². The molecule has 2 atom stereocenters. The van der Waals surface area contributed by atoms with Crippen LogP contribution in [0.5, 0.6) is 0 Å². The van der Waals surface area contributed by atoms with Gasteiger partial charge in [-0.05, 0) is 45.6 Å². The Hall–Kier alpha value is -0.610. The van der Waals surface area contributed by atoms with Gasteiger partial charge in [0.2, 0.25) is 5.91 Å². The van der Waals surface area contributed by atoms with Crippen molar-refractivity contribution in [3.8, 4) is 0 Å². The molecule has 2 unspecified atom stereocenters. The monoisotopic (exact) mass is 242 g/mol. The number of methoxy groups -OCH3 is 1. The van der Waals surface area contributed by atoms with E-state index < -0.39 is 0 Å². The van der Waals surface area contributed by atoms with Crippen LogP contribution in [0.3, 0.4) is 0 Å². The summed E-state index contributed by atoms with van der Waals surface area (Å²) < 4.78 is 5.28. The van der Waals surface area contributed by atoms with Crippen molar-refractivity contribution in [2.75, 3.05) is 20.2 Å². The summed E-state index contributed by atoms with van der Waals surface area (Å²) in [6.07, 6.45) is 4.23. The zero-order valence-corrected chi connectivity index (χ0v) is 11.3. The molecule has 1 rings (SSSR count). The number of hydrogen-bond acceptors (Lipinski definition) is 3. The molecule has 0 spiro atoms. The van der Waals surface area contributed by atoms with E-state index in [9.17, 15) is 4.79 Å². The van der Waals surface area contributed by atoms with Crippen LogP contribution in [0.4, 0.5) is 0 Å². The summed E-state index contributed by atoms with van der Waals surface area (Å²) in [6.45, 7) is 5.20. The molecule has 0 saturated heterocycles. The van der Waals surface area contributed by atoms with Crippen molar-refractivity contribution in [3.05, 3.63) is 0 Å². The number of amides is 1. The Bertz CT molecular complexity index is 254. The smallest absolute Gasteiger partial charge is 0.223 e. The second-order valence-electron chi connectivity index (χ2n) is 5.65. The van der Waals surface area contributed by atoms with Gasteiger partial charge in [0.1, 0.15) is 0 Å². The van der Waals surface area contributed by atoms with Crippen LogP contribution in [0.15, 0.2) is 0 Å². The number of nitrogens with two attached hydrogens (primary N) is 1. The van der Waals surface area contributed by atoms with Crippen molar-refractivity contribution in [2.45, 2.75) is 45.1 Å². The van der Waals surface area contributed by atoms with Crippen LogP contribution in [0, 0.1) is 11.8 Å². The second-order valence-corrected chi connectivity index (χ2v) is 5.65. The van der Waals surface area contributed by atoms with E-state index in [0.29, 0.717) is 19.0 Å². The molecule has 4 nitrogen and oxygen atoms in total. The first-order chi connectivity index (χ1) is 7.98. The van der Waals surface area contributed by atoms with Crippen LogP contribution >= 0.6 is 0 Å². The molecule has 17 heavy (non-hydrogen) atoms. The number of rotatable bonds is 5. The third-order valence-corrected chi connectivity index (χ3v) is 3.73. The third-order valence-electron chi connectivity index (χ3n) is 3.73. The number of carbonyl (C=O) groups is 1. The molecule has 1 saturated carbocycles. The minimum atomic E-state index is -0.294. The Morgan fingerprint density at radius 2 is 2.18 bits per heavy atom. The molecule has 0 bridgehead atoms. The topological polar surface area (TPSA) is 64.3 Å². The third kappa shape index (κ3) is 4.64. The highest BCUT2D eigenvalue weighted by atomic mass is 16.5. The molecule has 0 aromatic rings. The van der Waals surface area contributed by atoms with Gasteiger partial charge in [0, 0.05) is 19.6 Å². The van der Waals surface area contributed by atoms with Crippen molar-refractivity contribution in [2.24, 2.45) is 17.6 Å². The summed E-state index contributed by atoms with van der Waals surface area (Å²) >= 11 is 0. The van der Waals surface area contributed by atoms with Gasteiger partial charge in [0.05, 0.1) is 5.60 Å². The lowest BCUT2D eigenvalue weighted by atomic mass is 9.81. The molecule has 1 aliphatic rings. The maximum Gasteiger partial charge on any atom is 0.223 e. The maximum absolute atomic E-state index is 12.0. The summed E-state index contributed by atoms with van der Waals surface area (Å²) in [6, 6.07) is 0. The van der Waals surface area contributed by atoms with Gasteiger partial charge in [-0.2, -0.15) is 0 Å². The zero-order valence-electron chi connectivity index (χ0n) is 11.3. The van der Waals surface area contributed by atoms with Gasteiger partial charge in [0.15, 0.2) is 0 Å².